The van der Waals surface area contributed by atoms with E-state index in [1.165, 1.54) is 20.9 Å². The van der Waals surface area contributed by atoms with Gasteiger partial charge in [0, 0.05) is 20.7 Å². The van der Waals surface area contributed by atoms with Crippen molar-refractivity contribution in [2.75, 3.05) is 0 Å². The quantitative estimate of drug-likeness (QED) is 0.753. The van der Waals surface area contributed by atoms with E-state index >= 15 is 0 Å². The van der Waals surface area contributed by atoms with Gasteiger partial charge in [-0.1, -0.05) is 53.7 Å². The maximum atomic E-state index is 10.6. The summed E-state index contributed by atoms with van der Waals surface area (Å²) >= 11 is 5.27. The van der Waals surface area contributed by atoms with E-state index in [1.54, 1.807) is 11.8 Å². The second kappa shape index (κ2) is 5.55. The molecule has 1 unspecified atom stereocenters. The molecule has 0 fully saturated rings. The molecular weight excluding hydrogens is 332 g/mol. The Bertz CT molecular complexity index is 651. The van der Waals surface area contributed by atoms with Gasteiger partial charge in [-0.2, -0.15) is 0 Å². The van der Waals surface area contributed by atoms with Gasteiger partial charge in [0.1, 0.15) is 0 Å². The number of rotatable bonds is 1. The van der Waals surface area contributed by atoms with Crippen LogP contribution in [0.4, 0.5) is 0 Å². The van der Waals surface area contributed by atoms with Crippen LogP contribution in [-0.2, 0) is 6.42 Å². The molecule has 0 radical (unpaired) electrons. The molecular formula is C17H17BrOS. The number of aliphatic hydroxyl groups is 1. The third-order valence-corrected chi connectivity index (χ3v) is 5.42. The third-order valence-electron chi connectivity index (χ3n) is 3.72. The van der Waals surface area contributed by atoms with E-state index in [0.29, 0.717) is 12.3 Å². The smallest absolute Gasteiger partial charge is 0.0841 e. The van der Waals surface area contributed by atoms with Crippen molar-refractivity contribution in [1.29, 1.82) is 0 Å². The molecule has 0 bridgehead atoms. The van der Waals surface area contributed by atoms with E-state index in [2.05, 4.69) is 66.2 Å². The average molecular weight is 349 g/mol. The van der Waals surface area contributed by atoms with Crippen molar-refractivity contribution in [2.45, 2.75) is 42.1 Å². The maximum absolute atomic E-state index is 10.6. The number of hydrogen-bond acceptors (Lipinski definition) is 2. The molecule has 0 aliphatic carbocycles. The minimum atomic E-state index is -0.424. The molecule has 0 aromatic heterocycles. The summed E-state index contributed by atoms with van der Waals surface area (Å²) in [7, 11) is 0. The minimum Gasteiger partial charge on any atom is -0.388 e. The summed E-state index contributed by atoms with van der Waals surface area (Å²) in [5, 5.41) is 10.6. The molecule has 3 rings (SSSR count). The fraction of sp³-hybridized carbons (Fsp3) is 0.294. The van der Waals surface area contributed by atoms with Crippen molar-refractivity contribution in [2.24, 2.45) is 0 Å². The lowest BCUT2D eigenvalue weighted by Crippen LogP contribution is -2.03. The zero-order valence-electron chi connectivity index (χ0n) is 11.6. The lowest BCUT2D eigenvalue weighted by atomic mass is 9.96. The normalized spacial score (nSPS) is 17.6. The van der Waals surface area contributed by atoms with Crippen molar-refractivity contribution in [3.8, 4) is 0 Å². The summed E-state index contributed by atoms with van der Waals surface area (Å²) in [4.78, 5) is 2.41. The van der Waals surface area contributed by atoms with Crippen LogP contribution in [0.1, 0.15) is 42.6 Å². The van der Waals surface area contributed by atoms with E-state index in [4.69, 9.17) is 0 Å². The highest BCUT2D eigenvalue weighted by atomic mass is 79.9. The minimum absolute atomic E-state index is 0.424. The van der Waals surface area contributed by atoms with Gasteiger partial charge in [0.25, 0.3) is 0 Å². The third kappa shape index (κ3) is 2.67. The van der Waals surface area contributed by atoms with Gasteiger partial charge in [0.05, 0.1) is 6.10 Å². The molecule has 1 aliphatic rings. The summed E-state index contributed by atoms with van der Waals surface area (Å²) in [5.74, 6) is 0.484. The predicted octanol–water partition coefficient (Wildman–Crippen LogP) is 5.31. The van der Waals surface area contributed by atoms with Gasteiger partial charge in [0.2, 0.25) is 0 Å². The van der Waals surface area contributed by atoms with Gasteiger partial charge in [-0.05, 0) is 46.9 Å². The largest absolute Gasteiger partial charge is 0.388 e. The summed E-state index contributed by atoms with van der Waals surface area (Å²) in [6.07, 6.45) is 0.253. The number of halogens is 1. The Hall–Kier alpha value is -0.770. The summed E-state index contributed by atoms with van der Waals surface area (Å²) in [6, 6.07) is 12.8. The average Bonchev–Trinajstić information content (AvgIpc) is 2.54. The van der Waals surface area contributed by atoms with E-state index in [0.717, 1.165) is 10.0 Å². The molecule has 3 heteroatoms. The number of benzene rings is 2. The fourth-order valence-electron chi connectivity index (χ4n) is 2.52. The predicted molar refractivity (Wildman–Crippen MR) is 87.5 cm³/mol. The zero-order chi connectivity index (χ0) is 14.3. The van der Waals surface area contributed by atoms with Gasteiger partial charge < -0.3 is 5.11 Å². The lowest BCUT2D eigenvalue weighted by Gasteiger charge is -2.14. The Kier molecular flexibility index (Phi) is 3.93. The first-order valence-electron chi connectivity index (χ1n) is 6.83. The topological polar surface area (TPSA) is 20.2 Å². The zero-order valence-corrected chi connectivity index (χ0v) is 14.0. The van der Waals surface area contributed by atoms with Crippen LogP contribution < -0.4 is 0 Å². The van der Waals surface area contributed by atoms with Crippen molar-refractivity contribution < 1.29 is 5.11 Å². The second-order valence-corrected chi connectivity index (χ2v) is 7.53. The first-order chi connectivity index (χ1) is 9.54. The van der Waals surface area contributed by atoms with E-state index in [-0.39, 0.29) is 0 Å². The SMILES string of the molecule is CC(C)c1ccc2c(c1)C(O)Cc1cc(Br)ccc1S2. The van der Waals surface area contributed by atoms with Crippen LogP contribution in [0.15, 0.2) is 50.7 Å². The van der Waals surface area contributed by atoms with Gasteiger partial charge in [-0.25, -0.2) is 0 Å². The van der Waals surface area contributed by atoms with Crippen LogP contribution >= 0.6 is 27.7 Å². The van der Waals surface area contributed by atoms with Crippen LogP contribution in [0.5, 0.6) is 0 Å². The molecule has 0 spiro atoms. The highest BCUT2D eigenvalue weighted by molar-refractivity contribution is 9.10. The Morgan fingerprint density at radius 3 is 2.65 bits per heavy atom. The molecule has 2 aromatic carbocycles. The van der Waals surface area contributed by atoms with E-state index < -0.39 is 6.10 Å². The van der Waals surface area contributed by atoms with Gasteiger partial charge in [-0.15, -0.1) is 0 Å². The Morgan fingerprint density at radius 1 is 1.15 bits per heavy atom. The van der Waals surface area contributed by atoms with Gasteiger partial charge in [0.15, 0.2) is 0 Å². The highest BCUT2D eigenvalue weighted by Gasteiger charge is 2.21. The van der Waals surface area contributed by atoms with Crippen molar-refractivity contribution in [3.63, 3.8) is 0 Å². The summed E-state index contributed by atoms with van der Waals surface area (Å²) < 4.78 is 1.07. The van der Waals surface area contributed by atoms with Gasteiger partial charge in [-0.3, -0.25) is 0 Å². The molecule has 104 valence electrons. The van der Waals surface area contributed by atoms with Crippen molar-refractivity contribution in [3.05, 3.63) is 57.6 Å². The Labute approximate surface area is 132 Å². The first kappa shape index (κ1) is 14.2. The monoisotopic (exact) mass is 348 g/mol. The van der Waals surface area contributed by atoms with Crippen LogP contribution in [0.25, 0.3) is 0 Å². The van der Waals surface area contributed by atoms with Crippen LogP contribution in [0.3, 0.4) is 0 Å². The second-order valence-electron chi connectivity index (χ2n) is 5.53. The van der Waals surface area contributed by atoms with Crippen LogP contribution in [-0.4, -0.2) is 5.11 Å². The summed E-state index contributed by atoms with van der Waals surface area (Å²) in [6.45, 7) is 4.37. The van der Waals surface area contributed by atoms with Gasteiger partial charge >= 0.3 is 0 Å². The Morgan fingerprint density at radius 2 is 1.90 bits per heavy atom. The molecule has 1 N–H and O–H groups in total. The van der Waals surface area contributed by atoms with E-state index in [1.807, 2.05) is 0 Å². The number of hydrogen-bond donors (Lipinski definition) is 1. The van der Waals surface area contributed by atoms with E-state index in [9.17, 15) is 5.11 Å². The molecule has 20 heavy (non-hydrogen) atoms. The molecule has 0 saturated carbocycles. The highest BCUT2D eigenvalue weighted by Crippen LogP contribution is 2.42. The molecule has 0 amide bonds. The van der Waals surface area contributed by atoms with Crippen LogP contribution in [0.2, 0.25) is 0 Å². The molecule has 1 atom stereocenters. The number of fused-ring (bicyclic) bond motifs is 2. The fourth-order valence-corrected chi connectivity index (χ4v) is 4.03. The standard InChI is InChI=1S/C17H17BrOS/c1-10(2)11-3-5-17-14(8-11)15(19)9-12-7-13(18)4-6-16(12)20-17/h3-8,10,15,19H,9H2,1-2H3. The summed E-state index contributed by atoms with van der Waals surface area (Å²) in [5.41, 5.74) is 3.56. The Balaban J connectivity index is 2.08. The molecule has 0 saturated heterocycles. The molecule has 1 heterocycles. The van der Waals surface area contributed by atoms with Crippen molar-refractivity contribution in [1.82, 2.24) is 0 Å². The molecule has 1 aliphatic heterocycles. The molecule has 2 aromatic rings. The number of aliphatic hydroxyl groups excluding tert-OH is 1. The lowest BCUT2D eigenvalue weighted by molar-refractivity contribution is 0.175. The first-order valence-corrected chi connectivity index (χ1v) is 8.43. The van der Waals surface area contributed by atoms with Crippen LogP contribution in [0, 0.1) is 0 Å². The maximum Gasteiger partial charge on any atom is 0.0841 e. The molecule has 1 nitrogen and oxygen atoms in total. The van der Waals surface area contributed by atoms with Crippen molar-refractivity contribution >= 4 is 27.7 Å².